The van der Waals surface area contributed by atoms with E-state index >= 15 is 0 Å². The Kier molecular flexibility index (Phi) is 35.7. The number of Topliss-reactive ketones (excluding diaryl/α,β-unsaturated/α-hetero) is 2. The summed E-state index contributed by atoms with van der Waals surface area (Å²) in [6.45, 7) is 8.05. The second-order valence-corrected chi connectivity index (χ2v) is 20.5. The Hall–Kier alpha value is -7.44. The summed E-state index contributed by atoms with van der Waals surface area (Å²) in [4.78, 5) is 133. The smallest absolute Gasteiger partial charge is 0.339 e. The van der Waals surface area contributed by atoms with E-state index in [-0.39, 0.29) is 139 Å². The van der Waals surface area contributed by atoms with Crippen LogP contribution in [0.4, 0.5) is 0 Å². The maximum atomic E-state index is 14.1. The molecule has 23 heteroatoms. The number of hydrogen-bond acceptors (Lipinski definition) is 17. The van der Waals surface area contributed by atoms with E-state index in [1.165, 1.54) is 0 Å². The van der Waals surface area contributed by atoms with Crippen molar-refractivity contribution >= 4 is 58.9 Å². The molecule has 3 aromatic rings. The maximum Gasteiger partial charge on any atom is 0.339 e. The van der Waals surface area contributed by atoms with E-state index in [0.29, 0.717) is 94.9 Å². The van der Waals surface area contributed by atoms with Gasteiger partial charge in [-0.2, -0.15) is 0 Å². The van der Waals surface area contributed by atoms with Crippen LogP contribution in [0.5, 0.6) is 0 Å². The van der Waals surface area contributed by atoms with Gasteiger partial charge in [0.25, 0.3) is 0 Å². The van der Waals surface area contributed by atoms with E-state index in [1.54, 1.807) is 26.0 Å². The van der Waals surface area contributed by atoms with Crippen molar-refractivity contribution in [2.75, 3.05) is 98.2 Å². The Morgan fingerprint density at radius 1 is 0.488 bits per heavy atom. The second kappa shape index (κ2) is 42.4. The largest absolute Gasteiger partial charge is 0.461 e. The van der Waals surface area contributed by atoms with Crippen LogP contribution in [0.2, 0.25) is 0 Å². The van der Waals surface area contributed by atoms with E-state index in [0.717, 1.165) is 11.1 Å². The van der Waals surface area contributed by atoms with Gasteiger partial charge in [-0.05, 0) is 68.2 Å². The summed E-state index contributed by atoms with van der Waals surface area (Å²) in [5, 5.41) is 17.0. The Morgan fingerprint density at radius 3 is 1.52 bits per heavy atom. The molecule has 0 aliphatic heterocycles. The zero-order valence-electron chi connectivity index (χ0n) is 49.2. The monoisotopic (exact) mass is 1170 g/mol. The third-order valence-electron chi connectivity index (χ3n) is 13.7. The van der Waals surface area contributed by atoms with Gasteiger partial charge in [-0.1, -0.05) is 78.9 Å². The molecule has 462 valence electrons. The quantitative estimate of drug-likeness (QED) is 0.0285. The number of ether oxygens (including phenoxy) is 2. The Balaban J connectivity index is 1.49. The van der Waals surface area contributed by atoms with E-state index in [2.05, 4.69) is 36.8 Å². The summed E-state index contributed by atoms with van der Waals surface area (Å²) in [7, 11) is 0. The van der Waals surface area contributed by atoms with Gasteiger partial charge >= 0.3 is 11.9 Å². The van der Waals surface area contributed by atoms with Crippen molar-refractivity contribution < 1.29 is 57.4 Å². The summed E-state index contributed by atoms with van der Waals surface area (Å²) in [6.07, 6.45) is 2.08. The van der Waals surface area contributed by atoms with Crippen molar-refractivity contribution in [3.8, 4) is 0 Å². The van der Waals surface area contributed by atoms with Crippen molar-refractivity contribution in [3.05, 3.63) is 107 Å². The van der Waals surface area contributed by atoms with Gasteiger partial charge in [0.1, 0.15) is 12.4 Å². The molecule has 84 heavy (non-hydrogen) atoms. The number of unbranched alkanes of at least 4 members (excludes halogenated alkanes) is 1. The first kappa shape index (κ1) is 70.8. The number of esters is 2. The zero-order valence-corrected chi connectivity index (χ0v) is 49.2. The van der Waals surface area contributed by atoms with Crippen molar-refractivity contribution in [1.82, 2.24) is 41.7 Å². The molecule has 3 rings (SSSR count). The average molecular weight is 1170 g/mol. The van der Waals surface area contributed by atoms with Crippen molar-refractivity contribution in [1.29, 1.82) is 0 Å². The maximum absolute atomic E-state index is 14.1. The molecule has 0 spiro atoms. The van der Waals surface area contributed by atoms with Crippen LogP contribution in [0.3, 0.4) is 0 Å². The van der Waals surface area contributed by atoms with Crippen molar-refractivity contribution in [2.24, 2.45) is 23.1 Å². The van der Waals surface area contributed by atoms with Gasteiger partial charge in [0.05, 0.1) is 23.9 Å². The van der Waals surface area contributed by atoms with Crippen LogP contribution in [0.1, 0.15) is 110 Å². The highest BCUT2D eigenvalue weighted by Gasteiger charge is 2.29. The van der Waals surface area contributed by atoms with Gasteiger partial charge in [0, 0.05) is 137 Å². The number of ketones is 2. The van der Waals surface area contributed by atoms with Crippen molar-refractivity contribution in [2.45, 2.75) is 110 Å². The third kappa shape index (κ3) is 31.3. The summed E-state index contributed by atoms with van der Waals surface area (Å²) < 4.78 is 11.0. The summed E-state index contributed by atoms with van der Waals surface area (Å²) in [5.74, 6) is -4.46. The van der Waals surface area contributed by atoms with Crippen molar-refractivity contribution in [3.63, 3.8) is 0 Å². The van der Waals surface area contributed by atoms with Crippen LogP contribution >= 0.6 is 0 Å². The lowest BCUT2D eigenvalue weighted by Gasteiger charge is -2.28. The minimum atomic E-state index is -1.09. The number of carbonyl (C=O) groups is 10. The molecule has 3 aromatic carbocycles. The van der Waals surface area contributed by atoms with Gasteiger partial charge in [0.2, 0.25) is 35.4 Å². The number of rotatable bonds is 45. The number of carbonyl (C=O) groups excluding carboxylic acids is 10. The molecule has 12 N–H and O–H groups in total. The first-order valence-corrected chi connectivity index (χ1v) is 29.2. The number of amides is 6. The van der Waals surface area contributed by atoms with Gasteiger partial charge < -0.3 is 58.6 Å². The fourth-order valence-corrected chi connectivity index (χ4v) is 8.90. The number of nitrogens with zero attached hydrogens (tertiary/aromatic N) is 2. The molecular weight excluding hydrogens is 1080 g/mol. The molecular formula is C61H91N11O12. The van der Waals surface area contributed by atoms with Crippen LogP contribution < -0.4 is 49.1 Å². The minimum Gasteiger partial charge on any atom is -0.461 e. The first-order chi connectivity index (χ1) is 40.5. The fourth-order valence-electron chi connectivity index (χ4n) is 8.90. The molecule has 23 nitrogen and oxygen atoms in total. The van der Waals surface area contributed by atoms with Gasteiger partial charge in [-0.15, -0.1) is 0 Å². The highest BCUT2D eigenvalue weighted by atomic mass is 16.5. The number of aryl methyl sites for hydroxylation is 2. The lowest BCUT2D eigenvalue weighted by Crippen LogP contribution is -2.46. The lowest BCUT2D eigenvalue weighted by atomic mass is 9.94. The van der Waals surface area contributed by atoms with Crippen LogP contribution in [0.15, 0.2) is 78.9 Å². The fraction of sp³-hybridized carbons (Fsp3) is 0.541. The minimum absolute atomic E-state index is 0.00101. The highest BCUT2D eigenvalue weighted by molar-refractivity contribution is 5.96. The molecule has 0 bridgehead atoms. The Bertz CT molecular complexity index is 2480. The van der Waals surface area contributed by atoms with E-state index in [9.17, 15) is 47.9 Å². The number of hydrogen-bond donors (Lipinski definition) is 9. The summed E-state index contributed by atoms with van der Waals surface area (Å²) in [6, 6.07) is 22.6. The lowest BCUT2D eigenvalue weighted by molar-refractivity contribution is -0.148. The molecule has 6 amide bonds. The highest BCUT2D eigenvalue weighted by Crippen LogP contribution is 2.18. The molecule has 0 unspecified atom stereocenters. The third-order valence-corrected chi connectivity index (χ3v) is 13.7. The zero-order chi connectivity index (χ0) is 61.3. The number of nitrogens with one attached hydrogen (secondary N) is 6. The van der Waals surface area contributed by atoms with E-state index in [4.69, 9.17) is 26.7 Å². The number of benzene rings is 3. The molecule has 0 aromatic heterocycles. The first-order valence-electron chi connectivity index (χ1n) is 29.2. The standard InChI is InChI=1S/C61H91N11O12/c1-45-13-11-14-46(2)59(45)61(82)84-44-52(74)51(70-60(81)49(41-47-15-5-3-6-16-47)42-58(80)83-43-48-17-7-4-8-18-48)20-9-10-30-65-53(75)22-21-50(73)19-12-31-66-57(79)26-35-71(36-32-67-54(76)23-27-62)39-40-72(37-33-68-55(77)24-28-63)38-34-69-56(78)25-29-64/h3-8,11,13-18,49,51H,9-10,12,19-44,62-64H2,1-2H3,(H,65,75)(H,66,79)(H,67,76)(H,68,77)(H,69,78)(H,70,81)/t49-,51+/m0/s1. The van der Waals surface area contributed by atoms with Gasteiger partial charge in [-0.25, -0.2) is 4.79 Å². The molecule has 0 saturated heterocycles. The van der Waals surface area contributed by atoms with Gasteiger partial charge in [0.15, 0.2) is 12.4 Å². The van der Waals surface area contributed by atoms with E-state index in [1.807, 2.05) is 71.6 Å². The van der Waals surface area contributed by atoms with Gasteiger partial charge in [-0.3, -0.25) is 53.0 Å². The topological polar surface area (TPSA) is 346 Å². The molecule has 0 aliphatic rings. The molecule has 0 heterocycles. The summed E-state index contributed by atoms with van der Waals surface area (Å²) in [5.41, 5.74) is 19.8. The second-order valence-electron chi connectivity index (χ2n) is 20.5. The normalized spacial score (nSPS) is 11.7. The summed E-state index contributed by atoms with van der Waals surface area (Å²) >= 11 is 0. The molecule has 0 aliphatic carbocycles. The Morgan fingerprint density at radius 2 is 0.976 bits per heavy atom. The van der Waals surface area contributed by atoms with Crippen LogP contribution in [0, 0.1) is 19.8 Å². The average Bonchev–Trinajstić information content (AvgIpc) is 3.66. The predicted molar refractivity (Wildman–Crippen MR) is 319 cm³/mol. The van der Waals surface area contributed by atoms with Crippen LogP contribution in [0.25, 0.3) is 0 Å². The van der Waals surface area contributed by atoms with Crippen LogP contribution in [-0.4, -0.2) is 173 Å². The predicted octanol–water partition coefficient (Wildman–Crippen LogP) is 1.43. The molecule has 0 radical (unpaired) electrons. The molecule has 2 atom stereocenters. The van der Waals surface area contributed by atoms with E-state index < -0.39 is 42.2 Å². The van der Waals surface area contributed by atoms with Crippen LogP contribution in [-0.2, 0) is 65.7 Å². The SMILES string of the molecule is Cc1cccc(C)c1C(=O)OCC(=O)[C@@H](CCCCNC(=O)CCC(=O)CCCNC(=O)CCN(CCNC(=O)CCN)CCN(CCNC(=O)CCN)CCNC(=O)CCN)NC(=O)[C@H](CC(=O)OCc1ccccc1)Cc1ccccc1. The Labute approximate surface area is 494 Å². The molecule has 0 saturated carbocycles. The number of nitrogens with two attached hydrogens (primary N) is 3. The molecule has 0 fully saturated rings.